The highest BCUT2D eigenvalue weighted by atomic mass is 32.2. The average molecular weight is 382 g/mol. The summed E-state index contributed by atoms with van der Waals surface area (Å²) in [6.07, 6.45) is 2.02. The van der Waals surface area contributed by atoms with Crippen LogP contribution in [0, 0.1) is 0 Å². The van der Waals surface area contributed by atoms with Crippen LogP contribution in [0.5, 0.6) is 0 Å². The van der Waals surface area contributed by atoms with Crippen LogP contribution in [0.15, 0.2) is 48.5 Å². The number of carbonyl (C=O) groups excluding carboxylic acids is 2. The average Bonchev–Trinajstić information content (AvgIpc) is 3.04. The summed E-state index contributed by atoms with van der Waals surface area (Å²) in [7, 11) is 1.60. The maximum Gasteiger partial charge on any atom is 0.251 e. The summed E-state index contributed by atoms with van der Waals surface area (Å²) in [6, 6.07) is 15.0. The van der Waals surface area contributed by atoms with Crippen LogP contribution in [0.4, 0.5) is 0 Å². The van der Waals surface area contributed by atoms with Crippen LogP contribution >= 0.6 is 11.8 Å². The standard InChI is InChI=1S/C20H22N4O2S/c1-21-20(26)15-9-7-14(8-10-15)11-22-19(25)12-24-17-6-4-3-5-16(17)23-18(24)13-27-2/h3-10H,11-13H2,1-2H3,(H,21,26)(H,22,25). The summed E-state index contributed by atoms with van der Waals surface area (Å²) >= 11 is 1.68. The lowest BCUT2D eigenvalue weighted by atomic mass is 10.1. The van der Waals surface area contributed by atoms with Gasteiger partial charge in [-0.15, -0.1) is 0 Å². The van der Waals surface area contributed by atoms with Gasteiger partial charge in [0.05, 0.1) is 16.8 Å². The Labute approximate surface area is 162 Å². The van der Waals surface area contributed by atoms with E-state index in [0.29, 0.717) is 12.1 Å². The third kappa shape index (κ3) is 4.49. The summed E-state index contributed by atoms with van der Waals surface area (Å²) in [6.45, 7) is 0.643. The second-order valence-corrected chi connectivity index (χ2v) is 6.95. The van der Waals surface area contributed by atoms with Gasteiger partial charge in [-0.1, -0.05) is 24.3 Å². The zero-order valence-corrected chi connectivity index (χ0v) is 16.2. The predicted molar refractivity (Wildman–Crippen MR) is 109 cm³/mol. The van der Waals surface area contributed by atoms with Crippen LogP contribution in [0.25, 0.3) is 11.0 Å². The van der Waals surface area contributed by atoms with Gasteiger partial charge in [0.15, 0.2) is 0 Å². The summed E-state index contributed by atoms with van der Waals surface area (Å²) in [5.41, 5.74) is 3.40. The molecule has 0 atom stereocenters. The summed E-state index contributed by atoms with van der Waals surface area (Å²) in [5, 5.41) is 5.53. The lowest BCUT2D eigenvalue weighted by Gasteiger charge is -2.10. The van der Waals surface area contributed by atoms with Crippen molar-refractivity contribution in [3.05, 3.63) is 65.5 Å². The number of carbonyl (C=O) groups is 2. The number of fused-ring (bicyclic) bond motifs is 1. The van der Waals surface area contributed by atoms with Crippen LogP contribution in [0.2, 0.25) is 0 Å². The molecule has 2 N–H and O–H groups in total. The Kier molecular flexibility index (Phi) is 6.13. The minimum absolute atomic E-state index is 0.0733. The molecule has 0 saturated heterocycles. The first kappa shape index (κ1) is 19.0. The Morgan fingerprint density at radius 1 is 1.11 bits per heavy atom. The molecule has 0 saturated carbocycles. The Hall–Kier alpha value is -2.80. The normalized spacial score (nSPS) is 10.7. The number of amides is 2. The van der Waals surface area contributed by atoms with E-state index in [9.17, 15) is 9.59 Å². The minimum atomic E-state index is -0.126. The van der Waals surface area contributed by atoms with Gasteiger partial charge in [-0.25, -0.2) is 4.98 Å². The molecule has 0 aliphatic rings. The van der Waals surface area contributed by atoms with Crippen molar-refractivity contribution in [2.45, 2.75) is 18.8 Å². The maximum atomic E-state index is 12.5. The highest BCUT2D eigenvalue weighted by molar-refractivity contribution is 7.97. The molecule has 6 nitrogen and oxygen atoms in total. The molecule has 0 radical (unpaired) electrons. The number of para-hydroxylation sites is 2. The fourth-order valence-electron chi connectivity index (χ4n) is 2.86. The van der Waals surface area contributed by atoms with Gasteiger partial charge in [-0.2, -0.15) is 11.8 Å². The van der Waals surface area contributed by atoms with E-state index < -0.39 is 0 Å². The van der Waals surface area contributed by atoms with Gasteiger partial charge >= 0.3 is 0 Å². The zero-order chi connectivity index (χ0) is 19.2. The van der Waals surface area contributed by atoms with Gasteiger partial charge in [-0.05, 0) is 36.1 Å². The van der Waals surface area contributed by atoms with Gasteiger partial charge in [0.1, 0.15) is 12.4 Å². The lowest BCUT2D eigenvalue weighted by Crippen LogP contribution is -2.27. The highest BCUT2D eigenvalue weighted by Crippen LogP contribution is 2.18. The van der Waals surface area contributed by atoms with E-state index in [-0.39, 0.29) is 18.4 Å². The quantitative estimate of drug-likeness (QED) is 0.659. The first-order valence-corrected chi connectivity index (χ1v) is 10.0. The van der Waals surface area contributed by atoms with Crippen molar-refractivity contribution in [3.8, 4) is 0 Å². The monoisotopic (exact) mass is 382 g/mol. The molecule has 1 heterocycles. The third-order valence-corrected chi connectivity index (χ3v) is 4.79. The lowest BCUT2D eigenvalue weighted by molar-refractivity contribution is -0.121. The van der Waals surface area contributed by atoms with E-state index in [2.05, 4.69) is 15.6 Å². The van der Waals surface area contributed by atoms with E-state index >= 15 is 0 Å². The van der Waals surface area contributed by atoms with Gasteiger partial charge in [0.25, 0.3) is 5.91 Å². The van der Waals surface area contributed by atoms with Crippen molar-refractivity contribution in [3.63, 3.8) is 0 Å². The molecular formula is C20H22N4O2S. The van der Waals surface area contributed by atoms with Crippen molar-refractivity contribution in [1.82, 2.24) is 20.2 Å². The Balaban J connectivity index is 1.67. The zero-order valence-electron chi connectivity index (χ0n) is 15.4. The Morgan fingerprint density at radius 3 is 2.56 bits per heavy atom. The van der Waals surface area contributed by atoms with Crippen LogP contribution in [0.1, 0.15) is 21.7 Å². The number of nitrogens with zero attached hydrogens (tertiary/aromatic N) is 2. The molecule has 140 valence electrons. The largest absolute Gasteiger partial charge is 0.355 e. The van der Waals surface area contributed by atoms with Crippen molar-refractivity contribution in [1.29, 1.82) is 0 Å². The number of benzene rings is 2. The number of imidazole rings is 1. The Morgan fingerprint density at radius 2 is 1.85 bits per heavy atom. The number of hydrogen-bond acceptors (Lipinski definition) is 4. The van der Waals surface area contributed by atoms with Gasteiger partial charge in [0, 0.05) is 19.2 Å². The maximum absolute atomic E-state index is 12.5. The molecule has 7 heteroatoms. The molecule has 2 amide bonds. The molecule has 27 heavy (non-hydrogen) atoms. The first-order valence-electron chi connectivity index (χ1n) is 8.63. The second-order valence-electron chi connectivity index (χ2n) is 6.09. The molecule has 1 aromatic heterocycles. The van der Waals surface area contributed by atoms with Crippen molar-refractivity contribution in [2.75, 3.05) is 13.3 Å². The molecule has 0 aliphatic carbocycles. The summed E-state index contributed by atoms with van der Waals surface area (Å²) in [4.78, 5) is 28.7. The van der Waals surface area contributed by atoms with Gasteiger partial charge in [0.2, 0.25) is 5.91 Å². The molecule has 2 aromatic carbocycles. The Bertz CT molecular complexity index is 950. The number of nitrogens with one attached hydrogen (secondary N) is 2. The molecule has 0 spiro atoms. The molecule has 0 aliphatic heterocycles. The van der Waals surface area contributed by atoms with E-state index in [0.717, 1.165) is 28.2 Å². The van der Waals surface area contributed by atoms with Crippen molar-refractivity contribution in [2.24, 2.45) is 0 Å². The van der Waals surface area contributed by atoms with E-state index in [1.54, 1.807) is 30.9 Å². The van der Waals surface area contributed by atoms with Crippen molar-refractivity contribution >= 4 is 34.6 Å². The first-order chi connectivity index (χ1) is 13.1. The molecule has 0 bridgehead atoms. The minimum Gasteiger partial charge on any atom is -0.355 e. The fraction of sp³-hybridized carbons (Fsp3) is 0.250. The molecule has 0 unspecified atom stereocenters. The molecule has 3 aromatic rings. The molecular weight excluding hydrogens is 360 g/mol. The predicted octanol–water partition coefficient (Wildman–Crippen LogP) is 2.58. The topological polar surface area (TPSA) is 76.0 Å². The SMILES string of the molecule is CNC(=O)c1ccc(CNC(=O)Cn2c(CSC)nc3ccccc32)cc1. The summed E-state index contributed by atoms with van der Waals surface area (Å²) in [5.74, 6) is 1.45. The van der Waals surface area contributed by atoms with E-state index in [4.69, 9.17) is 0 Å². The van der Waals surface area contributed by atoms with E-state index in [1.807, 2.05) is 47.2 Å². The number of rotatable bonds is 7. The van der Waals surface area contributed by atoms with E-state index in [1.165, 1.54) is 0 Å². The van der Waals surface area contributed by atoms with Gasteiger partial charge < -0.3 is 15.2 Å². The molecule has 0 fully saturated rings. The van der Waals surface area contributed by atoms with Crippen LogP contribution < -0.4 is 10.6 Å². The van der Waals surface area contributed by atoms with Crippen LogP contribution in [-0.4, -0.2) is 34.7 Å². The molecule has 3 rings (SSSR count). The number of thioether (sulfide) groups is 1. The highest BCUT2D eigenvalue weighted by Gasteiger charge is 2.13. The van der Waals surface area contributed by atoms with Crippen molar-refractivity contribution < 1.29 is 9.59 Å². The summed E-state index contributed by atoms with van der Waals surface area (Å²) < 4.78 is 1.97. The second kappa shape index (κ2) is 8.73. The van der Waals surface area contributed by atoms with Gasteiger partial charge in [-0.3, -0.25) is 9.59 Å². The fourth-order valence-corrected chi connectivity index (χ4v) is 3.34. The number of hydrogen-bond donors (Lipinski definition) is 2. The number of aromatic nitrogens is 2. The van der Waals surface area contributed by atoms with Crippen LogP contribution in [-0.2, 0) is 23.6 Å². The third-order valence-electron chi connectivity index (χ3n) is 4.24. The van der Waals surface area contributed by atoms with Crippen LogP contribution in [0.3, 0.4) is 0 Å². The smallest absolute Gasteiger partial charge is 0.251 e.